The summed E-state index contributed by atoms with van der Waals surface area (Å²) in [6.45, 7) is 6.39. The highest BCUT2D eigenvalue weighted by atomic mass is 16.1. The first-order valence-corrected chi connectivity index (χ1v) is 7.12. The maximum atomic E-state index is 12.2. The SMILES string of the molecule is CCCCC(C)NC(=O)C1CCCC(N)C1C. The average Bonchev–Trinajstić information content (AvgIpc) is 2.29. The lowest BCUT2D eigenvalue weighted by Crippen LogP contribution is -2.46. The largest absolute Gasteiger partial charge is 0.353 e. The molecule has 0 bridgehead atoms. The van der Waals surface area contributed by atoms with E-state index in [1.54, 1.807) is 0 Å². The van der Waals surface area contributed by atoms with E-state index in [-0.39, 0.29) is 17.9 Å². The molecule has 0 saturated heterocycles. The number of carbonyl (C=O) groups is 1. The molecule has 0 radical (unpaired) electrons. The Hall–Kier alpha value is -0.570. The van der Waals surface area contributed by atoms with Crippen molar-refractivity contribution in [1.82, 2.24) is 5.32 Å². The van der Waals surface area contributed by atoms with E-state index in [1.165, 1.54) is 12.8 Å². The summed E-state index contributed by atoms with van der Waals surface area (Å²) in [6, 6.07) is 0.498. The first-order chi connectivity index (χ1) is 8.06. The Morgan fingerprint density at radius 2 is 2.18 bits per heavy atom. The normalized spacial score (nSPS) is 30.9. The van der Waals surface area contributed by atoms with Gasteiger partial charge < -0.3 is 11.1 Å². The topological polar surface area (TPSA) is 55.1 Å². The van der Waals surface area contributed by atoms with Crippen LogP contribution in [0.5, 0.6) is 0 Å². The molecule has 17 heavy (non-hydrogen) atoms. The smallest absolute Gasteiger partial charge is 0.223 e. The Labute approximate surface area is 106 Å². The Morgan fingerprint density at radius 3 is 2.82 bits per heavy atom. The van der Waals surface area contributed by atoms with Gasteiger partial charge in [-0.15, -0.1) is 0 Å². The van der Waals surface area contributed by atoms with Crippen LogP contribution in [-0.2, 0) is 4.79 Å². The maximum absolute atomic E-state index is 12.2. The van der Waals surface area contributed by atoms with Gasteiger partial charge in [-0.1, -0.05) is 33.1 Å². The molecule has 0 spiro atoms. The van der Waals surface area contributed by atoms with E-state index >= 15 is 0 Å². The molecule has 3 nitrogen and oxygen atoms in total. The molecule has 0 heterocycles. The van der Waals surface area contributed by atoms with E-state index in [0.29, 0.717) is 12.0 Å². The van der Waals surface area contributed by atoms with Gasteiger partial charge >= 0.3 is 0 Å². The lowest BCUT2D eigenvalue weighted by Gasteiger charge is -2.33. The number of unbranched alkanes of at least 4 members (excludes halogenated alkanes) is 1. The van der Waals surface area contributed by atoms with Crippen LogP contribution in [-0.4, -0.2) is 18.0 Å². The summed E-state index contributed by atoms with van der Waals surface area (Å²) in [7, 11) is 0. The van der Waals surface area contributed by atoms with Crippen LogP contribution in [0.1, 0.15) is 59.3 Å². The van der Waals surface area contributed by atoms with Gasteiger partial charge in [-0.25, -0.2) is 0 Å². The van der Waals surface area contributed by atoms with Gasteiger partial charge in [0, 0.05) is 18.0 Å². The molecule has 1 aliphatic rings. The highest BCUT2D eigenvalue weighted by Crippen LogP contribution is 2.29. The highest BCUT2D eigenvalue weighted by Gasteiger charge is 2.32. The van der Waals surface area contributed by atoms with Crippen molar-refractivity contribution in [3.63, 3.8) is 0 Å². The summed E-state index contributed by atoms with van der Waals surface area (Å²) >= 11 is 0. The molecule has 4 unspecified atom stereocenters. The van der Waals surface area contributed by atoms with Gasteiger partial charge in [-0.3, -0.25) is 4.79 Å². The molecule has 0 aromatic rings. The van der Waals surface area contributed by atoms with Crippen molar-refractivity contribution in [1.29, 1.82) is 0 Å². The Bertz CT molecular complexity index is 242. The van der Waals surface area contributed by atoms with Crippen LogP contribution >= 0.6 is 0 Å². The standard InChI is InChI=1S/C14H28N2O/c1-4-5-7-10(2)16-14(17)12-8-6-9-13(15)11(12)3/h10-13H,4-9,15H2,1-3H3,(H,16,17). The van der Waals surface area contributed by atoms with Crippen LogP contribution in [0.4, 0.5) is 0 Å². The number of hydrogen-bond acceptors (Lipinski definition) is 2. The maximum Gasteiger partial charge on any atom is 0.223 e. The van der Waals surface area contributed by atoms with E-state index in [2.05, 4.69) is 26.1 Å². The van der Waals surface area contributed by atoms with Crippen molar-refractivity contribution in [2.75, 3.05) is 0 Å². The predicted molar refractivity (Wildman–Crippen MR) is 71.6 cm³/mol. The summed E-state index contributed by atoms with van der Waals surface area (Å²) < 4.78 is 0. The lowest BCUT2D eigenvalue weighted by molar-refractivity contribution is -0.128. The highest BCUT2D eigenvalue weighted by molar-refractivity contribution is 5.79. The third kappa shape index (κ3) is 4.30. The van der Waals surface area contributed by atoms with Crippen molar-refractivity contribution in [2.45, 2.75) is 71.4 Å². The van der Waals surface area contributed by atoms with Crippen LogP contribution in [0, 0.1) is 11.8 Å². The first kappa shape index (κ1) is 14.5. The number of rotatable bonds is 5. The molecule has 0 aromatic carbocycles. The van der Waals surface area contributed by atoms with Crippen molar-refractivity contribution in [3.05, 3.63) is 0 Å². The second-order valence-corrected chi connectivity index (χ2v) is 5.61. The summed E-state index contributed by atoms with van der Waals surface area (Å²) in [5.74, 6) is 0.668. The van der Waals surface area contributed by atoms with E-state index in [9.17, 15) is 4.79 Å². The van der Waals surface area contributed by atoms with E-state index in [0.717, 1.165) is 25.7 Å². The molecule has 1 aliphatic carbocycles. The Balaban J connectivity index is 2.40. The van der Waals surface area contributed by atoms with Crippen LogP contribution in [0.25, 0.3) is 0 Å². The van der Waals surface area contributed by atoms with Crippen molar-refractivity contribution in [3.8, 4) is 0 Å². The summed E-state index contributed by atoms with van der Waals surface area (Å²) in [4.78, 5) is 12.2. The second kappa shape index (κ2) is 7.00. The molecule has 1 saturated carbocycles. The zero-order valence-corrected chi connectivity index (χ0v) is 11.5. The fourth-order valence-electron chi connectivity index (χ4n) is 2.70. The number of nitrogens with one attached hydrogen (secondary N) is 1. The van der Waals surface area contributed by atoms with Crippen LogP contribution in [0.15, 0.2) is 0 Å². The van der Waals surface area contributed by atoms with Gasteiger partial charge in [0.2, 0.25) is 5.91 Å². The van der Waals surface area contributed by atoms with Crippen LogP contribution in [0.2, 0.25) is 0 Å². The minimum atomic E-state index is 0.128. The fourth-order valence-corrected chi connectivity index (χ4v) is 2.70. The third-order valence-corrected chi connectivity index (χ3v) is 4.08. The van der Waals surface area contributed by atoms with Crippen molar-refractivity contribution >= 4 is 5.91 Å². The molecule has 0 aliphatic heterocycles. The minimum Gasteiger partial charge on any atom is -0.353 e. The first-order valence-electron chi connectivity index (χ1n) is 7.12. The van der Waals surface area contributed by atoms with Gasteiger partial charge in [0.25, 0.3) is 0 Å². The van der Waals surface area contributed by atoms with Crippen molar-refractivity contribution < 1.29 is 4.79 Å². The van der Waals surface area contributed by atoms with Crippen LogP contribution in [0.3, 0.4) is 0 Å². The van der Waals surface area contributed by atoms with Crippen molar-refractivity contribution in [2.24, 2.45) is 17.6 Å². The zero-order valence-electron chi connectivity index (χ0n) is 11.5. The lowest BCUT2D eigenvalue weighted by atomic mass is 9.77. The summed E-state index contributed by atoms with van der Waals surface area (Å²) in [5.41, 5.74) is 6.04. The molecule has 3 N–H and O–H groups in total. The van der Waals surface area contributed by atoms with Gasteiger partial charge in [-0.05, 0) is 32.1 Å². The fraction of sp³-hybridized carbons (Fsp3) is 0.929. The number of amides is 1. The van der Waals surface area contributed by atoms with E-state index in [1.807, 2.05) is 0 Å². The van der Waals surface area contributed by atoms with Gasteiger partial charge in [0.15, 0.2) is 0 Å². The predicted octanol–water partition coefficient (Wildman–Crippen LogP) is 2.44. The molecule has 100 valence electrons. The molecule has 1 rings (SSSR count). The minimum absolute atomic E-state index is 0.128. The van der Waals surface area contributed by atoms with Gasteiger partial charge in [0.1, 0.15) is 0 Å². The number of hydrogen-bond donors (Lipinski definition) is 2. The molecule has 0 aromatic heterocycles. The van der Waals surface area contributed by atoms with Crippen LogP contribution < -0.4 is 11.1 Å². The summed E-state index contributed by atoms with van der Waals surface area (Å²) in [6.07, 6.45) is 6.60. The third-order valence-electron chi connectivity index (χ3n) is 4.08. The summed E-state index contributed by atoms with van der Waals surface area (Å²) in [5, 5.41) is 3.14. The Morgan fingerprint density at radius 1 is 1.47 bits per heavy atom. The van der Waals surface area contributed by atoms with E-state index < -0.39 is 0 Å². The molecular formula is C14H28N2O. The molecule has 1 amide bonds. The molecular weight excluding hydrogens is 212 g/mol. The molecule has 4 atom stereocenters. The van der Waals surface area contributed by atoms with E-state index in [4.69, 9.17) is 5.73 Å². The molecule has 3 heteroatoms. The second-order valence-electron chi connectivity index (χ2n) is 5.61. The quantitative estimate of drug-likeness (QED) is 0.775. The number of carbonyl (C=O) groups excluding carboxylic acids is 1. The van der Waals surface area contributed by atoms with Gasteiger partial charge in [-0.2, -0.15) is 0 Å². The Kier molecular flexibility index (Phi) is 5.96. The number of nitrogens with two attached hydrogens (primary N) is 1. The molecule has 1 fully saturated rings. The zero-order chi connectivity index (χ0) is 12.8. The average molecular weight is 240 g/mol. The monoisotopic (exact) mass is 240 g/mol. The van der Waals surface area contributed by atoms with Gasteiger partial charge in [0.05, 0.1) is 0 Å².